The fraction of sp³-hybridized carbons (Fsp3) is 0.667. The molecule has 0 aliphatic carbocycles. The van der Waals surface area contributed by atoms with Gasteiger partial charge in [-0.3, -0.25) is 4.55 Å². The summed E-state index contributed by atoms with van der Waals surface area (Å²) >= 11 is 0. The molecule has 0 saturated heterocycles. The zero-order valence-corrected chi connectivity index (χ0v) is 10.1. The molecule has 0 atom stereocenters. The van der Waals surface area contributed by atoms with Crippen LogP contribution in [0, 0.1) is 0 Å². The molecule has 0 fully saturated rings. The van der Waals surface area contributed by atoms with E-state index in [2.05, 4.69) is 0 Å². The largest absolute Gasteiger partial charge is 0.528 e. The molecular weight excluding hydrogens is 228 g/mol. The standard InChI is InChI=1S/C6H14O6SSi/c1-10-14(11-2,12-3)6-4-5-13(7,8)9/h4,6H,5H2,1-3H3,(H,7,8,9)/b6-4+. The predicted molar refractivity (Wildman–Crippen MR) is 52.3 cm³/mol. The van der Waals surface area contributed by atoms with E-state index in [1.54, 1.807) is 0 Å². The third-order valence-electron chi connectivity index (χ3n) is 1.48. The fourth-order valence-electron chi connectivity index (χ4n) is 0.768. The van der Waals surface area contributed by atoms with Gasteiger partial charge in [0.25, 0.3) is 10.1 Å². The van der Waals surface area contributed by atoms with Gasteiger partial charge in [0, 0.05) is 21.3 Å². The van der Waals surface area contributed by atoms with Crippen molar-refractivity contribution in [3.63, 3.8) is 0 Å². The molecule has 0 rings (SSSR count). The van der Waals surface area contributed by atoms with E-state index in [1.165, 1.54) is 33.1 Å². The molecule has 0 saturated carbocycles. The van der Waals surface area contributed by atoms with Gasteiger partial charge in [0.2, 0.25) is 0 Å². The van der Waals surface area contributed by atoms with E-state index in [9.17, 15) is 8.42 Å². The van der Waals surface area contributed by atoms with Crippen molar-refractivity contribution >= 4 is 18.9 Å². The Bertz CT molecular complexity index is 272. The summed E-state index contributed by atoms with van der Waals surface area (Å²) in [6, 6.07) is 0. The van der Waals surface area contributed by atoms with Crippen molar-refractivity contribution in [2.75, 3.05) is 27.1 Å². The SMILES string of the molecule is CO[Si](/C=C/CS(=O)(=O)O)(OC)OC. The average Bonchev–Trinajstić information content (AvgIpc) is 2.11. The molecule has 8 heteroatoms. The van der Waals surface area contributed by atoms with Crippen LogP contribution in [0.3, 0.4) is 0 Å². The van der Waals surface area contributed by atoms with Crippen molar-refractivity contribution in [2.45, 2.75) is 0 Å². The third kappa shape index (κ3) is 4.84. The topological polar surface area (TPSA) is 82.1 Å². The summed E-state index contributed by atoms with van der Waals surface area (Å²) < 4.78 is 44.2. The van der Waals surface area contributed by atoms with Crippen molar-refractivity contribution in [2.24, 2.45) is 0 Å². The van der Waals surface area contributed by atoms with Crippen LogP contribution in [0.2, 0.25) is 0 Å². The Balaban J connectivity index is 4.45. The molecule has 0 aliphatic rings. The Morgan fingerprint density at radius 2 is 1.64 bits per heavy atom. The van der Waals surface area contributed by atoms with Crippen LogP contribution in [-0.4, -0.2) is 48.9 Å². The second kappa shape index (κ2) is 5.58. The molecule has 84 valence electrons. The van der Waals surface area contributed by atoms with E-state index in [0.717, 1.165) is 0 Å². The van der Waals surface area contributed by atoms with Crippen molar-refractivity contribution in [3.8, 4) is 0 Å². The van der Waals surface area contributed by atoms with Gasteiger partial charge in [-0.1, -0.05) is 6.08 Å². The highest BCUT2D eigenvalue weighted by molar-refractivity contribution is 7.85. The fourth-order valence-corrected chi connectivity index (χ4v) is 2.59. The second-order valence-corrected chi connectivity index (χ2v) is 6.63. The minimum Gasteiger partial charge on any atom is -0.374 e. The van der Waals surface area contributed by atoms with Crippen LogP contribution in [0.15, 0.2) is 11.8 Å². The van der Waals surface area contributed by atoms with Gasteiger partial charge >= 0.3 is 8.80 Å². The highest BCUT2D eigenvalue weighted by Crippen LogP contribution is 2.07. The summed E-state index contributed by atoms with van der Waals surface area (Å²) in [5.41, 5.74) is 1.39. The van der Waals surface area contributed by atoms with Crippen molar-refractivity contribution in [1.82, 2.24) is 0 Å². The van der Waals surface area contributed by atoms with Gasteiger partial charge in [-0.05, 0) is 5.70 Å². The van der Waals surface area contributed by atoms with Crippen LogP contribution < -0.4 is 0 Å². The molecule has 0 amide bonds. The average molecular weight is 242 g/mol. The molecule has 1 N–H and O–H groups in total. The monoisotopic (exact) mass is 242 g/mol. The van der Waals surface area contributed by atoms with Gasteiger partial charge in [0.1, 0.15) is 0 Å². The summed E-state index contributed by atoms with van der Waals surface area (Å²) in [6.45, 7) is 0. The molecule has 6 nitrogen and oxygen atoms in total. The minimum atomic E-state index is -4.00. The maximum Gasteiger partial charge on any atom is 0.528 e. The van der Waals surface area contributed by atoms with E-state index >= 15 is 0 Å². The highest BCUT2D eigenvalue weighted by Gasteiger charge is 2.34. The number of rotatable bonds is 6. The predicted octanol–water partition coefficient (Wildman–Crippen LogP) is -0.152. The van der Waals surface area contributed by atoms with E-state index in [1.807, 2.05) is 0 Å². The first-order valence-electron chi connectivity index (χ1n) is 3.67. The van der Waals surface area contributed by atoms with Crippen molar-refractivity contribution in [3.05, 3.63) is 11.8 Å². The Kier molecular flexibility index (Phi) is 5.48. The summed E-state index contributed by atoms with van der Waals surface area (Å²) in [5, 5.41) is 0. The van der Waals surface area contributed by atoms with Gasteiger partial charge in [0.15, 0.2) is 0 Å². The second-order valence-electron chi connectivity index (χ2n) is 2.37. The van der Waals surface area contributed by atoms with Gasteiger partial charge < -0.3 is 13.3 Å². The normalized spacial score (nSPS) is 13.7. The van der Waals surface area contributed by atoms with Crippen LogP contribution in [-0.2, 0) is 23.4 Å². The van der Waals surface area contributed by atoms with Crippen LogP contribution in [0.1, 0.15) is 0 Å². The van der Waals surface area contributed by atoms with Crippen LogP contribution in [0.25, 0.3) is 0 Å². The smallest absolute Gasteiger partial charge is 0.374 e. The lowest BCUT2D eigenvalue weighted by Crippen LogP contribution is -2.41. The maximum atomic E-state index is 10.4. The van der Waals surface area contributed by atoms with Gasteiger partial charge in [-0.25, -0.2) is 0 Å². The quantitative estimate of drug-likeness (QED) is 0.515. The van der Waals surface area contributed by atoms with Gasteiger partial charge in [0.05, 0.1) is 5.75 Å². The first-order chi connectivity index (χ1) is 6.39. The molecule has 0 spiro atoms. The highest BCUT2D eigenvalue weighted by atomic mass is 32.2. The third-order valence-corrected chi connectivity index (χ3v) is 4.45. The molecule has 0 bridgehead atoms. The first kappa shape index (κ1) is 13.7. The molecule has 14 heavy (non-hydrogen) atoms. The summed E-state index contributed by atoms with van der Waals surface area (Å²) in [6.07, 6.45) is 1.23. The Labute approximate surface area is 84.6 Å². The molecule has 0 aliphatic heterocycles. The van der Waals surface area contributed by atoms with Crippen LogP contribution in [0.4, 0.5) is 0 Å². The van der Waals surface area contributed by atoms with Crippen molar-refractivity contribution < 1.29 is 26.2 Å². The molecule has 0 unspecified atom stereocenters. The summed E-state index contributed by atoms with van der Waals surface area (Å²) in [4.78, 5) is 0. The molecule has 0 heterocycles. The molecule has 0 aromatic carbocycles. The van der Waals surface area contributed by atoms with E-state index in [0.29, 0.717) is 0 Å². The number of hydrogen-bond acceptors (Lipinski definition) is 5. The zero-order valence-electron chi connectivity index (χ0n) is 8.26. The van der Waals surface area contributed by atoms with Gasteiger partial charge in [-0.15, -0.1) is 0 Å². The zero-order chi connectivity index (χ0) is 11.2. The molecule has 0 aromatic heterocycles. The maximum absolute atomic E-state index is 10.4. The summed E-state index contributed by atoms with van der Waals surface area (Å²) in [7, 11) is -2.68. The van der Waals surface area contributed by atoms with Crippen LogP contribution in [0.5, 0.6) is 0 Å². The lowest BCUT2D eigenvalue weighted by molar-refractivity contribution is 0.138. The molecule has 0 radical (unpaired) electrons. The number of hydrogen-bond donors (Lipinski definition) is 1. The van der Waals surface area contributed by atoms with E-state index in [4.69, 9.17) is 17.8 Å². The lowest BCUT2D eigenvalue weighted by Gasteiger charge is -2.20. The lowest BCUT2D eigenvalue weighted by atomic mass is 10.8. The minimum absolute atomic E-state index is 0.488. The molecule has 0 aromatic rings. The Hall–Kier alpha value is -0.253. The van der Waals surface area contributed by atoms with Crippen LogP contribution >= 0.6 is 0 Å². The van der Waals surface area contributed by atoms with E-state index < -0.39 is 24.7 Å². The van der Waals surface area contributed by atoms with E-state index in [-0.39, 0.29) is 0 Å². The van der Waals surface area contributed by atoms with Gasteiger partial charge in [-0.2, -0.15) is 8.42 Å². The Morgan fingerprint density at radius 3 is 1.93 bits per heavy atom. The molecular formula is C6H14O6SSi. The Morgan fingerprint density at radius 1 is 1.21 bits per heavy atom. The summed E-state index contributed by atoms with van der Waals surface area (Å²) in [5.74, 6) is -0.488. The van der Waals surface area contributed by atoms with Crippen molar-refractivity contribution in [1.29, 1.82) is 0 Å². The first-order valence-corrected chi connectivity index (χ1v) is 7.08.